The number of rotatable bonds is 3. The van der Waals surface area contributed by atoms with Crippen molar-refractivity contribution in [1.82, 2.24) is 14.1 Å². The molecule has 3 heterocycles. The molecule has 0 saturated carbocycles. The maximum absolute atomic E-state index is 14.4. The highest BCUT2D eigenvalue weighted by Gasteiger charge is 2.32. The number of hydrogen-bond donors (Lipinski definition) is 0. The lowest BCUT2D eigenvalue weighted by Crippen LogP contribution is -2.08. The first-order valence-electron chi connectivity index (χ1n) is 15.3. The zero-order valence-corrected chi connectivity index (χ0v) is 25.9. The van der Waals surface area contributed by atoms with Crippen LogP contribution in [-0.4, -0.2) is 14.1 Å². The van der Waals surface area contributed by atoms with Gasteiger partial charge in [-0.3, -0.25) is 4.98 Å². The normalized spacial score (nSPS) is 12.2. The topological polar surface area (TPSA) is 22.8 Å². The molecule has 0 aliphatic rings. The second-order valence-electron chi connectivity index (χ2n) is 12.4. The molecular weight excluding hydrogens is 579 g/mol. The minimum atomic E-state index is -4.51. The lowest BCUT2D eigenvalue weighted by molar-refractivity contribution is -0.137. The van der Waals surface area contributed by atoms with Gasteiger partial charge in [0.2, 0.25) is 0 Å². The summed E-state index contributed by atoms with van der Waals surface area (Å²) in [6, 6.07) is 31.1. The zero-order valence-electron chi connectivity index (χ0n) is 25.9. The molecule has 0 amide bonds. The second kappa shape index (κ2) is 10.1. The van der Waals surface area contributed by atoms with Crippen LogP contribution in [0.25, 0.3) is 66.1 Å². The minimum absolute atomic E-state index is 0.448. The summed E-state index contributed by atoms with van der Waals surface area (Å²) in [5.41, 5.74) is 10.2. The summed E-state index contributed by atoms with van der Waals surface area (Å²) in [7, 11) is 0. The van der Waals surface area contributed by atoms with Crippen LogP contribution in [0.3, 0.4) is 0 Å². The predicted octanol–water partition coefficient (Wildman–Crippen LogP) is 11.2. The molecule has 0 spiro atoms. The Morgan fingerprint density at radius 1 is 0.478 bits per heavy atom. The number of benzene rings is 5. The van der Waals surface area contributed by atoms with Gasteiger partial charge in [-0.15, -0.1) is 0 Å². The third-order valence-electron chi connectivity index (χ3n) is 9.05. The molecule has 0 fully saturated rings. The summed E-state index contributed by atoms with van der Waals surface area (Å²) in [5, 5.41) is 4.26. The van der Waals surface area contributed by atoms with E-state index in [0.29, 0.717) is 11.3 Å². The van der Waals surface area contributed by atoms with Gasteiger partial charge in [0.05, 0.1) is 39.0 Å². The molecule has 0 unspecified atom stereocenters. The van der Waals surface area contributed by atoms with Gasteiger partial charge in [0.15, 0.2) is 0 Å². The molecule has 0 atom stereocenters. The molecule has 3 aromatic heterocycles. The van der Waals surface area contributed by atoms with Crippen molar-refractivity contribution in [2.75, 3.05) is 0 Å². The monoisotopic (exact) mass is 609 g/mol. The zero-order chi connectivity index (χ0) is 31.9. The molecule has 0 N–H and O–H groups in total. The highest BCUT2D eigenvalue weighted by atomic mass is 19.4. The molecule has 0 saturated heterocycles. The fraction of sp³-hybridized carbons (Fsp3) is 0.125. The maximum atomic E-state index is 14.4. The lowest BCUT2D eigenvalue weighted by Gasteiger charge is -2.20. The summed E-state index contributed by atoms with van der Waals surface area (Å²) >= 11 is 0. The van der Waals surface area contributed by atoms with E-state index < -0.39 is 11.7 Å². The first-order chi connectivity index (χ1) is 22.1. The Kier molecular flexibility index (Phi) is 6.16. The number of halogens is 3. The van der Waals surface area contributed by atoms with E-state index in [9.17, 15) is 13.2 Å². The van der Waals surface area contributed by atoms with Crippen LogP contribution in [0.5, 0.6) is 0 Å². The summed E-state index contributed by atoms with van der Waals surface area (Å²) in [4.78, 5) is 4.52. The lowest BCUT2D eigenvalue weighted by atomic mass is 10.00. The van der Waals surface area contributed by atoms with Crippen molar-refractivity contribution in [3.63, 3.8) is 0 Å². The molecule has 46 heavy (non-hydrogen) atoms. The summed E-state index contributed by atoms with van der Waals surface area (Å²) in [5.74, 6) is 0. The molecule has 0 bridgehead atoms. The van der Waals surface area contributed by atoms with Gasteiger partial charge in [0.25, 0.3) is 0 Å². The Labute approximate surface area is 264 Å². The first kappa shape index (κ1) is 28.1. The summed E-state index contributed by atoms with van der Waals surface area (Å²) in [6.45, 7) is 8.23. The van der Waals surface area contributed by atoms with Crippen molar-refractivity contribution >= 4 is 43.6 Å². The van der Waals surface area contributed by atoms with Crippen LogP contribution in [0.2, 0.25) is 0 Å². The van der Waals surface area contributed by atoms with Crippen molar-refractivity contribution < 1.29 is 13.2 Å². The minimum Gasteiger partial charge on any atom is -0.309 e. The van der Waals surface area contributed by atoms with Gasteiger partial charge in [-0.1, -0.05) is 52.6 Å². The largest absolute Gasteiger partial charge is 0.416 e. The predicted molar refractivity (Wildman–Crippen MR) is 182 cm³/mol. The van der Waals surface area contributed by atoms with Crippen LogP contribution in [0, 0.1) is 27.7 Å². The molecule has 0 aliphatic carbocycles. The van der Waals surface area contributed by atoms with E-state index in [1.165, 1.54) is 12.1 Å². The maximum Gasteiger partial charge on any atom is 0.416 e. The van der Waals surface area contributed by atoms with E-state index in [1.807, 2.05) is 48.7 Å². The Balaban J connectivity index is 1.49. The average Bonchev–Trinajstić information content (AvgIpc) is 3.51. The summed E-state index contributed by atoms with van der Waals surface area (Å²) < 4.78 is 47.3. The Morgan fingerprint density at radius 2 is 0.913 bits per heavy atom. The number of aryl methyl sites for hydroxylation is 4. The van der Waals surface area contributed by atoms with E-state index >= 15 is 0 Å². The molecule has 3 nitrogen and oxygen atoms in total. The van der Waals surface area contributed by atoms with Gasteiger partial charge >= 0.3 is 6.18 Å². The van der Waals surface area contributed by atoms with Crippen molar-refractivity contribution in [3.05, 3.63) is 137 Å². The number of nitrogens with zero attached hydrogens (tertiary/aromatic N) is 3. The Bertz CT molecular complexity index is 2390. The molecule has 0 radical (unpaired) electrons. The van der Waals surface area contributed by atoms with Crippen LogP contribution in [0.15, 0.2) is 109 Å². The van der Waals surface area contributed by atoms with Crippen molar-refractivity contribution in [3.8, 4) is 22.5 Å². The fourth-order valence-corrected chi connectivity index (χ4v) is 6.93. The third-order valence-corrected chi connectivity index (χ3v) is 9.05. The van der Waals surface area contributed by atoms with Gasteiger partial charge in [0.1, 0.15) is 0 Å². The van der Waals surface area contributed by atoms with Crippen molar-refractivity contribution in [2.45, 2.75) is 33.9 Å². The van der Waals surface area contributed by atoms with Crippen LogP contribution in [0.4, 0.5) is 13.2 Å². The number of pyridine rings is 1. The van der Waals surface area contributed by atoms with Crippen LogP contribution < -0.4 is 0 Å². The standard InChI is InChI=1S/C40H30F3N3/c1-23-5-11-34-29(17-23)30-18-24(2)6-12-35(30)45(34)38-15-16-44-22-33(38)28-10-9-27(40(41,42)43)21-39(28)46-36-13-7-25(3)19-31(36)32-20-26(4)8-14-37(32)46/h5-22H,1-4H3. The molecule has 226 valence electrons. The van der Waals surface area contributed by atoms with E-state index in [4.69, 9.17) is 0 Å². The fourth-order valence-electron chi connectivity index (χ4n) is 6.93. The highest BCUT2D eigenvalue weighted by Crippen LogP contribution is 2.43. The molecule has 8 rings (SSSR count). The van der Waals surface area contributed by atoms with Gasteiger partial charge < -0.3 is 9.13 Å². The second-order valence-corrected chi connectivity index (χ2v) is 12.4. The Hall–Kier alpha value is -5.36. The average molecular weight is 610 g/mol. The number of fused-ring (bicyclic) bond motifs is 6. The number of aromatic nitrogens is 3. The smallest absolute Gasteiger partial charge is 0.309 e. The summed E-state index contributed by atoms with van der Waals surface area (Å²) in [6.07, 6.45) is -1.00. The molecule has 5 aromatic carbocycles. The van der Waals surface area contributed by atoms with Gasteiger partial charge in [0, 0.05) is 45.1 Å². The quantitative estimate of drug-likeness (QED) is 0.195. The number of hydrogen-bond acceptors (Lipinski definition) is 1. The van der Waals surface area contributed by atoms with Crippen LogP contribution >= 0.6 is 0 Å². The van der Waals surface area contributed by atoms with E-state index in [0.717, 1.165) is 77.1 Å². The van der Waals surface area contributed by atoms with E-state index in [2.05, 4.69) is 71.9 Å². The molecule has 0 aliphatic heterocycles. The molecule has 6 heteroatoms. The SMILES string of the molecule is Cc1ccc2c(c1)c1cc(C)ccc1n2-c1ccncc1-c1ccc(C(F)(F)F)cc1-n1c2ccc(C)cc2c2cc(C)ccc21. The first-order valence-corrected chi connectivity index (χ1v) is 15.3. The Morgan fingerprint density at radius 3 is 1.35 bits per heavy atom. The number of alkyl halides is 3. The highest BCUT2D eigenvalue weighted by molar-refractivity contribution is 6.12. The van der Waals surface area contributed by atoms with Crippen LogP contribution in [-0.2, 0) is 6.18 Å². The van der Waals surface area contributed by atoms with E-state index in [1.54, 1.807) is 18.5 Å². The van der Waals surface area contributed by atoms with Gasteiger partial charge in [-0.25, -0.2) is 0 Å². The van der Waals surface area contributed by atoms with Crippen LogP contribution in [0.1, 0.15) is 27.8 Å². The molecule has 8 aromatic rings. The van der Waals surface area contributed by atoms with Crippen molar-refractivity contribution in [1.29, 1.82) is 0 Å². The van der Waals surface area contributed by atoms with E-state index in [-0.39, 0.29) is 0 Å². The third kappa shape index (κ3) is 4.31. The van der Waals surface area contributed by atoms with Gasteiger partial charge in [-0.2, -0.15) is 13.2 Å². The van der Waals surface area contributed by atoms with Crippen molar-refractivity contribution in [2.24, 2.45) is 0 Å². The van der Waals surface area contributed by atoms with Gasteiger partial charge in [-0.05, 0) is 94.4 Å². The molecular formula is C40H30F3N3.